The number of nitrogens with zero attached hydrogens (tertiary/aromatic N) is 5. The van der Waals surface area contributed by atoms with Crippen LogP contribution in [0.25, 0.3) is 11.2 Å². The lowest BCUT2D eigenvalue weighted by Crippen LogP contribution is -2.45. The summed E-state index contributed by atoms with van der Waals surface area (Å²) in [6, 6.07) is 5.35. The Labute approximate surface area is 268 Å². The Balaban J connectivity index is 1.35. The third kappa shape index (κ3) is 7.82. The highest BCUT2D eigenvalue weighted by atomic mass is 127. The van der Waals surface area contributed by atoms with Crippen molar-refractivity contribution in [3.8, 4) is 17.4 Å². The molecule has 1 aliphatic heterocycles. The summed E-state index contributed by atoms with van der Waals surface area (Å²) in [4.78, 5) is 40.7. The second-order valence-electron chi connectivity index (χ2n) is 11.4. The van der Waals surface area contributed by atoms with E-state index in [1.165, 1.54) is 37.7 Å². The number of fused-ring (bicyclic) bond motifs is 1. The summed E-state index contributed by atoms with van der Waals surface area (Å²) in [6.45, 7) is 8.91. The van der Waals surface area contributed by atoms with Crippen LogP contribution in [-0.4, -0.2) is 79.9 Å². The molecule has 2 aromatic heterocycles. The zero-order valence-electron chi connectivity index (χ0n) is 24.9. The van der Waals surface area contributed by atoms with Gasteiger partial charge in [0.25, 0.3) is 0 Å². The topological polar surface area (TPSA) is 221 Å². The molecule has 0 aliphatic carbocycles. The van der Waals surface area contributed by atoms with Crippen LogP contribution in [0, 0.1) is 9.25 Å². The molecule has 1 aromatic carbocycles. The van der Waals surface area contributed by atoms with Gasteiger partial charge >= 0.3 is 14.1 Å². The third-order valence-corrected chi connectivity index (χ3v) is 7.83. The Kier molecular flexibility index (Phi) is 10.5. The highest BCUT2D eigenvalue weighted by molar-refractivity contribution is 14.1. The monoisotopic (exact) mass is 747 g/mol. The van der Waals surface area contributed by atoms with Gasteiger partial charge < -0.3 is 39.8 Å². The number of anilines is 1. The molecule has 1 unspecified atom stereocenters. The van der Waals surface area contributed by atoms with Crippen molar-refractivity contribution in [2.75, 3.05) is 26.1 Å². The molecule has 3 aromatic rings. The van der Waals surface area contributed by atoms with Gasteiger partial charge in [0.05, 0.1) is 13.7 Å². The van der Waals surface area contributed by atoms with Crippen LogP contribution in [0.4, 0.5) is 5.95 Å². The molecule has 0 saturated carbocycles. The molecule has 240 valence electrons. The highest BCUT2D eigenvalue weighted by Crippen LogP contribution is 2.41. The van der Waals surface area contributed by atoms with Crippen LogP contribution in [0.1, 0.15) is 40.8 Å². The molecule has 0 spiro atoms. The number of halogens is 1. The first-order valence-corrected chi connectivity index (χ1v) is 15.6. The molecular formula is C26H35IN7O9P. The molecule has 0 amide bonds. The fourth-order valence-electron chi connectivity index (χ4n) is 4.13. The average molecular weight is 747 g/mol. The lowest BCUT2D eigenvalue weighted by Gasteiger charge is -2.27. The lowest BCUT2D eigenvalue weighted by molar-refractivity contribution is -0.169. The lowest BCUT2D eigenvalue weighted by atomic mass is 9.96. The minimum atomic E-state index is -2.53. The summed E-state index contributed by atoms with van der Waals surface area (Å²) in [6.07, 6.45) is -3.36. The predicted octanol–water partition coefficient (Wildman–Crippen LogP) is 1.83. The molecule has 16 nitrogen and oxygen atoms in total. The van der Waals surface area contributed by atoms with E-state index in [1.54, 1.807) is 12.1 Å². The molecule has 1 fully saturated rings. The number of nitrogens with two attached hydrogens (primary N) is 1. The summed E-state index contributed by atoms with van der Waals surface area (Å²) in [7, 11) is -1.11. The fourth-order valence-corrected chi connectivity index (χ4v) is 5.46. The number of imidazole rings is 1. The van der Waals surface area contributed by atoms with Crippen molar-refractivity contribution in [1.82, 2.24) is 24.9 Å². The van der Waals surface area contributed by atoms with E-state index in [0.717, 1.165) is 0 Å². The summed E-state index contributed by atoms with van der Waals surface area (Å²) in [5.74, 6) is 0.215. The number of nitrogen functional groups attached to an aromatic ring is 1. The molecule has 0 bridgehead atoms. The Hall–Kier alpha value is -2.93. The smallest absolute Gasteiger partial charge is 0.412 e. The van der Waals surface area contributed by atoms with Crippen LogP contribution < -0.4 is 30.1 Å². The number of aliphatic hydroxyl groups is 2. The Morgan fingerprint density at radius 3 is 2.59 bits per heavy atom. The average Bonchev–Trinajstić information content (AvgIpc) is 3.39. The fraction of sp³-hybridized carbons (Fsp3) is 0.538. The minimum absolute atomic E-state index is 0.0576. The van der Waals surface area contributed by atoms with Crippen molar-refractivity contribution in [1.29, 1.82) is 0 Å². The maximum atomic E-state index is 12.2. The van der Waals surface area contributed by atoms with E-state index >= 15 is 0 Å². The Bertz CT molecular complexity index is 1510. The standard InChI is InChI=1S/C26H35IN7O9P/c1-13(21(36)41-12-25(2,3)4)32-33-44(38)43-15-9-7-14(8-10-15)40-11-16-18(35)26(5,37)22(42-16)34-19-17(29-23(34)27)20(39-6)31-24(28)30-19/h7-10,13,16,18,22,32,35,37H,11-12H2,1-6H3,(H2,28,30,31)/t13-,16+,18+,22+,26+/m0/s1. The van der Waals surface area contributed by atoms with E-state index in [2.05, 4.69) is 25.2 Å². The van der Waals surface area contributed by atoms with Crippen molar-refractivity contribution in [3.63, 3.8) is 0 Å². The molecule has 44 heavy (non-hydrogen) atoms. The first-order chi connectivity index (χ1) is 20.6. The molecule has 6 atom stereocenters. The SMILES string of the molecule is COc1nc(N)nc2c1nc(I)n2[C@@H]1O[C@H](COc2ccc(O/[P+]([O-])=N/N[C@@H](C)C(=O)OCC(C)(C)C)cc2)[C@@H](O)[C@@]1(C)O. The number of carbonyl (C=O) groups excluding carboxylic acids is 1. The van der Waals surface area contributed by atoms with Crippen molar-refractivity contribution in [3.05, 3.63) is 28.1 Å². The zero-order valence-corrected chi connectivity index (χ0v) is 28.0. The van der Waals surface area contributed by atoms with Crippen LogP contribution in [-0.2, 0) is 14.3 Å². The summed E-state index contributed by atoms with van der Waals surface area (Å²) < 4.78 is 29.6. The van der Waals surface area contributed by atoms with Crippen LogP contribution in [0.2, 0.25) is 0 Å². The van der Waals surface area contributed by atoms with Crippen LogP contribution in [0.5, 0.6) is 17.4 Å². The number of benzene rings is 1. The van der Waals surface area contributed by atoms with E-state index in [1.807, 2.05) is 43.4 Å². The molecule has 5 N–H and O–H groups in total. The number of aliphatic hydroxyl groups excluding tert-OH is 1. The van der Waals surface area contributed by atoms with Crippen LogP contribution >= 0.6 is 30.8 Å². The van der Waals surface area contributed by atoms with Gasteiger partial charge in [0.2, 0.25) is 11.8 Å². The number of hydrogen-bond donors (Lipinski definition) is 4. The van der Waals surface area contributed by atoms with E-state index < -0.39 is 44.2 Å². The van der Waals surface area contributed by atoms with Crippen molar-refractivity contribution >= 4 is 53.8 Å². The van der Waals surface area contributed by atoms with Crippen molar-refractivity contribution < 1.29 is 43.4 Å². The minimum Gasteiger partial charge on any atom is -0.574 e. The number of nitrogens with one attached hydrogen (secondary N) is 1. The van der Waals surface area contributed by atoms with E-state index in [9.17, 15) is 19.9 Å². The van der Waals surface area contributed by atoms with Gasteiger partial charge in [0, 0.05) is 27.4 Å². The molecule has 4 rings (SSSR count). The normalized spacial score (nSPS) is 23.0. The van der Waals surface area contributed by atoms with Gasteiger partial charge in [0.1, 0.15) is 36.2 Å². The second kappa shape index (κ2) is 13.6. The second-order valence-corrected chi connectivity index (χ2v) is 13.3. The predicted molar refractivity (Wildman–Crippen MR) is 164 cm³/mol. The molecular weight excluding hydrogens is 712 g/mol. The van der Waals surface area contributed by atoms with Crippen LogP contribution in [0.3, 0.4) is 0 Å². The van der Waals surface area contributed by atoms with Crippen LogP contribution in [0.15, 0.2) is 29.1 Å². The third-order valence-electron chi connectivity index (χ3n) is 6.42. The maximum Gasteiger partial charge on any atom is 0.412 e. The number of esters is 1. The Morgan fingerprint density at radius 1 is 1.30 bits per heavy atom. The van der Waals surface area contributed by atoms with E-state index in [0.29, 0.717) is 15.1 Å². The quantitative estimate of drug-likeness (QED) is 0.0723. The molecule has 1 saturated heterocycles. The summed E-state index contributed by atoms with van der Waals surface area (Å²) >= 11 is 1.96. The van der Waals surface area contributed by atoms with Gasteiger partial charge in [-0.15, -0.1) is 0 Å². The van der Waals surface area contributed by atoms with Gasteiger partial charge in [0.15, 0.2) is 27.0 Å². The number of hydrogen-bond acceptors (Lipinski definition) is 14. The van der Waals surface area contributed by atoms with Crippen molar-refractivity contribution in [2.45, 2.75) is 64.7 Å². The molecule has 0 radical (unpaired) electrons. The first kappa shape index (κ1) is 34.0. The molecule has 1 aliphatic rings. The van der Waals surface area contributed by atoms with Gasteiger partial charge in [-0.1, -0.05) is 20.8 Å². The highest BCUT2D eigenvalue weighted by Gasteiger charge is 2.54. The molecule has 3 heterocycles. The Morgan fingerprint density at radius 2 is 1.95 bits per heavy atom. The number of carbonyl (C=O) groups is 1. The van der Waals surface area contributed by atoms with Crippen molar-refractivity contribution in [2.24, 2.45) is 10.3 Å². The number of ether oxygens (including phenoxy) is 4. The maximum absolute atomic E-state index is 12.2. The van der Waals surface area contributed by atoms with Gasteiger partial charge in [-0.05, 0) is 43.5 Å². The number of methoxy groups -OCH3 is 1. The summed E-state index contributed by atoms with van der Waals surface area (Å²) in [5.41, 5.74) is 6.97. The molecule has 18 heteroatoms. The van der Waals surface area contributed by atoms with E-state index in [4.69, 9.17) is 29.2 Å². The van der Waals surface area contributed by atoms with Gasteiger partial charge in [-0.2, -0.15) is 15.4 Å². The van der Waals surface area contributed by atoms with Gasteiger partial charge in [-0.25, -0.2) is 4.98 Å². The summed E-state index contributed by atoms with van der Waals surface area (Å²) in [5, 5.41) is 22.2. The largest absolute Gasteiger partial charge is 0.574 e. The van der Waals surface area contributed by atoms with E-state index in [-0.39, 0.29) is 41.9 Å². The number of rotatable bonds is 11. The van der Waals surface area contributed by atoms with Gasteiger partial charge in [-0.3, -0.25) is 13.9 Å². The zero-order chi connectivity index (χ0) is 32.4. The first-order valence-electron chi connectivity index (χ1n) is 13.4. The number of aromatic nitrogens is 4.